The van der Waals surface area contributed by atoms with Crippen LogP contribution in [0, 0.1) is 19.7 Å². The van der Waals surface area contributed by atoms with Crippen LogP contribution in [-0.4, -0.2) is 17.0 Å². The van der Waals surface area contributed by atoms with Gasteiger partial charge in [-0.05, 0) is 19.9 Å². The third-order valence-electron chi connectivity index (χ3n) is 3.50. The molecular formula is C15H15FN2O3. The quantitative estimate of drug-likeness (QED) is 0.923. The van der Waals surface area contributed by atoms with Crippen LogP contribution < -0.4 is 10.1 Å². The van der Waals surface area contributed by atoms with E-state index in [-0.39, 0.29) is 29.6 Å². The van der Waals surface area contributed by atoms with Gasteiger partial charge < -0.3 is 14.5 Å². The highest BCUT2D eigenvalue weighted by Crippen LogP contribution is 2.37. The molecule has 5 nitrogen and oxygen atoms in total. The Labute approximate surface area is 121 Å². The molecule has 1 aliphatic heterocycles. The summed E-state index contributed by atoms with van der Waals surface area (Å²) in [5.41, 5.74) is 1.02. The van der Waals surface area contributed by atoms with Gasteiger partial charge in [0.1, 0.15) is 23.4 Å². The SMILES string of the molecule is Cc1nc(C(=O)N[C@@H]2c3ccc(F)cc3O[C@@H]2C)c(C)o1. The van der Waals surface area contributed by atoms with Gasteiger partial charge in [-0.15, -0.1) is 0 Å². The van der Waals surface area contributed by atoms with Gasteiger partial charge in [0, 0.05) is 18.6 Å². The van der Waals surface area contributed by atoms with Gasteiger partial charge in [0.15, 0.2) is 11.6 Å². The topological polar surface area (TPSA) is 64.4 Å². The minimum atomic E-state index is -0.365. The minimum Gasteiger partial charge on any atom is -0.488 e. The Morgan fingerprint density at radius 1 is 1.38 bits per heavy atom. The number of ether oxygens (including phenoxy) is 1. The molecule has 1 aliphatic rings. The summed E-state index contributed by atoms with van der Waals surface area (Å²) < 4.78 is 24.0. The zero-order valence-electron chi connectivity index (χ0n) is 11.9. The molecule has 2 atom stereocenters. The Kier molecular flexibility index (Phi) is 3.16. The molecule has 6 heteroatoms. The van der Waals surface area contributed by atoms with Crippen molar-refractivity contribution in [2.45, 2.75) is 32.9 Å². The highest BCUT2D eigenvalue weighted by Gasteiger charge is 2.33. The van der Waals surface area contributed by atoms with E-state index in [1.165, 1.54) is 12.1 Å². The number of oxazole rings is 1. The third kappa shape index (κ3) is 2.37. The highest BCUT2D eigenvalue weighted by atomic mass is 19.1. The molecular weight excluding hydrogens is 275 g/mol. The van der Waals surface area contributed by atoms with Crippen molar-refractivity contribution in [1.82, 2.24) is 10.3 Å². The molecule has 0 spiro atoms. The normalized spacial score (nSPS) is 20.0. The molecule has 0 saturated carbocycles. The first-order valence-corrected chi connectivity index (χ1v) is 6.66. The number of hydrogen-bond donors (Lipinski definition) is 1. The Morgan fingerprint density at radius 2 is 2.14 bits per heavy atom. The maximum Gasteiger partial charge on any atom is 0.274 e. The lowest BCUT2D eigenvalue weighted by Gasteiger charge is -2.16. The fourth-order valence-corrected chi connectivity index (χ4v) is 2.53. The van der Waals surface area contributed by atoms with Gasteiger partial charge in [-0.1, -0.05) is 6.07 Å². The van der Waals surface area contributed by atoms with Crippen LogP contribution in [0.2, 0.25) is 0 Å². The first kappa shape index (κ1) is 13.6. The third-order valence-corrected chi connectivity index (χ3v) is 3.50. The second-order valence-electron chi connectivity index (χ2n) is 5.09. The molecule has 1 N–H and O–H groups in total. The van der Waals surface area contributed by atoms with Crippen molar-refractivity contribution in [3.63, 3.8) is 0 Å². The van der Waals surface area contributed by atoms with E-state index >= 15 is 0 Å². The van der Waals surface area contributed by atoms with Crippen molar-refractivity contribution in [2.24, 2.45) is 0 Å². The molecule has 0 unspecified atom stereocenters. The summed E-state index contributed by atoms with van der Waals surface area (Å²) in [6.45, 7) is 5.19. The van der Waals surface area contributed by atoms with E-state index in [9.17, 15) is 9.18 Å². The number of aromatic nitrogens is 1. The van der Waals surface area contributed by atoms with Gasteiger partial charge in [-0.3, -0.25) is 4.79 Å². The zero-order chi connectivity index (χ0) is 15.1. The number of carbonyl (C=O) groups is 1. The summed E-state index contributed by atoms with van der Waals surface area (Å²) in [5, 5.41) is 2.87. The van der Waals surface area contributed by atoms with Crippen LogP contribution in [-0.2, 0) is 0 Å². The molecule has 1 amide bonds. The van der Waals surface area contributed by atoms with Gasteiger partial charge >= 0.3 is 0 Å². The molecule has 110 valence electrons. The second kappa shape index (κ2) is 4.87. The highest BCUT2D eigenvalue weighted by molar-refractivity contribution is 5.93. The molecule has 0 saturated heterocycles. The standard InChI is InChI=1S/C15H15FN2O3/c1-7-13(11-5-4-10(16)6-12(11)21-7)18-15(19)14-8(2)20-9(3)17-14/h4-7,13H,1-3H3,(H,18,19)/t7-,13+/m1/s1. The number of nitrogens with one attached hydrogen (secondary N) is 1. The van der Waals surface area contributed by atoms with E-state index in [1.807, 2.05) is 6.92 Å². The van der Waals surface area contributed by atoms with Crippen molar-refractivity contribution >= 4 is 5.91 Å². The monoisotopic (exact) mass is 290 g/mol. The number of amides is 1. The Bertz CT molecular complexity index is 711. The number of carbonyl (C=O) groups excluding carboxylic acids is 1. The molecule has 0 aliphatic carbocycles. The lowest BCUT2D eigenvalue weighted by Crippen LogP contribution is -2.34. The van der Waals surface area contributed by atoms with Gasteiger partial charge in [-0.2, -0.15) is 0 Å². The van der Waals surface area contributed by atoms with Gasteiger partial charge in [0.05, 0.1) is 6.04 Å². The van der Waals surface area contributed by atoms with Crippen LogP contribution in [0.5, 0.6) is 5.75 Å². The summed E-state index contributed by atoms with van der Waals surface area (Å²) in [5.74, 6) is 0.672. The van der Waals surface area contributed by atoms with Crippen LogP contribution in [0.25, 0.3) is 0 Å². The smallest absolute Gasteiger partial charge is 0.274 e. The number of rotatable bonds is 2. The van der Waals surface area contributed by atoms with Crippen LogP contribution in [0.4, 0.5) is 4.39 Å². The lowest BCUT2D eigenvalue weighted by atomic mass is 10.0. The zero-order valence-corrected chi connectivity index (χ0v) is 11.9. The van der Waals surface area contributed by atoms with Gasteiger partial charge in [-0.25, -0.2) is 9.37 Å². The molecule has 3 rings (SSSR count). The summed E-state index contributed by atoms with van der Waals surface area (Å²) in [4.78, 5) is 16.4. The summed E-state index contributed by atoms with van der Waals surface area (Å²) >= 11 is 0. The van der Waals surface area contributed by atoms with E-state index in [4.69, 9.17) is 9.15 Å². The van der Waals surface area contributed by atoms with Crippen LogP contribution in [0.15, 0.2) is 22.6 Å². The van der Waals surface area contributed by atoms with E-state index in [0.29, 0.717) is 17.4 Å². The number of halogens is 1. The van der Waals surface area contributed by atoms with Crippen LogP contribution >= 0.6 is 0 Å². The van der Waals surface area contributed by atoms with Crippen molar-refractivity contribution in [2.75, 3.05) is 0 Å². The van der Waals surface area contributed by atoms with E-state index in [0.717, 1.165) is 5.56 Å². The van der Waals surface area contributed by atoms with Crippen molar-refractivity contribution in [3.8, 4) is 5.75 Å². The molecule has 21 heavy (non-hydrogen) atoms. The molecule has 0 bridgehead atoms. The molecule has 2 aromatic rings. The van der Waals surface area contributed by atoms with Gasteiger partial charge in [0.25, 0.3) is 5.91 Å². The summed E-state index contributed by atoms with van der Waals surface area (Å²) in [6.07, 6.45) is -0.279. The molecule has 0 fully saturated rings. The Morgan fingerprint density at radius 3 is 2.81 bits per heavy atom. The second-order valence-corrected chi connectivity index (χ2v) is 5.09. The fraction of sp³-hybridized carbons (Fsp3) is 0.333. The van der Waals surface area contributed by atoms with Crippen molar-refractivity contribution < 1.29 is 18.3 Å². The van der Waals surface area contributed by atoms with Crippen molar-refractivity contribution in [1.29, 1.82) is 0 Å². The molecule has 2 heterocycles. The minimum absolute atomic E-state index is 0.260. The number of nitrogens with zero attached hydrogens (tertiary/aromatic N) is 1. The Balaban J connectivity index is 1.86. The molecule has 1 aromatic heterocycles. The molecule has 1 aromatic carbocycles. The number of aryl methyl sites for hydroxylation is 2. The summed E-state index contributed by atoms with van der Waals surface area (Å²) in [7, 11) is 0. The van der Waals surface area contributed by atoms with Crippen LogP contribution in [0.3, 0.4) is 0 Å². The van der Waals surface area contributed by atoms with E-state index in [2.05, 4.69) is 10.3 Å². The van der Waals surface area contributed by atoms with E-state index in [1.54, 1.807) is 19.9 Å². The maximum atomic E-state index is 13.2. The van der Waals surface area contributed by atoms with Crippen LogP contribution in [0.1, 0.15) is 40.7 Å². The Hall–Kier alpha value is -2.37. The van der Waals surface area contributed by atoms with E-state index < -0.39 is 0 Å². The first-order chi connectivity index (χ1) is 9.95. The maximum absolute atomic E-state index is 13.2. The predicted octanol–water partition coefficient (Wildman–Crippen LogP) is 2.68. The predicted molar refractivity (Wildman–Crippen MR) is 72.7 cm³/mol. The first-order valence-electron chi connectivity index (χ1n) is 6.66. The number of benzene rings is 1. The van der Waals surface area contributed by atoms with Gasteiger partial charge in [0.2, 0.25) is 0 Å². The van der Waals surface area contributed by atoms with Crippen molar-refractivity contribution in [3.05, 3.63) is 46.9 Å². The summed E-state index contributed by atoms with van der Waals surface area (Å²) in [6, 6.07) is 3.96. The number of hydrogen-bond acceptors (Lipinski definition) is 4. The number of fused-ring (bicyclic) bond motifs is 1. The largest absolute Gasteiger partial charge is 0.488 e. The lowest BCUT2D eigenvalue weighted by molar-refractivity contribution is 0.0902. The average molecular weight is 290 g/mol. The fourth-order valence-electron chi connectivity index (χ4n) is 2.53. The average Bonchev–Trinajstić information content (AvgIpc) is 2.89. The molecule has 0 radical (unpaired) electrons.